The first kappa shape index (κ1) is 21.0. The number of nitrogens with two attached hydrogens (primary N) is 1. The molecule has 0 saturated carbocycles. The molecule has 1 aliphatic heterocycles. The van der Waals surface area contributed by atoms with E-state index in [1.807, 2.05) is 57.7 Å². The summed E-state index contributed by atoms with van der Waals surface area (Å²) >= 11 is 0. The molecule has 1 saturated heterocycles. The summed E-state index contributed by atoms with van der Waals surface area (Å²) in [5.74, 6) is -0.224. The number of rotatable bonds is 5. The molecule has 7 nitrogen and oxygen atoms in total. The summed E-state index contributed by atoms with van der Waals surface area (Å²) in [7, 11) is 0. The number of piperidine rings is 1. The van der Waals surface area contributed by atoms with Crippen molar-refractivity contribution >= 4 is 28.3 Å². The van der Waals surface area contributed by atoms with Gasteiger partial charge in [-0.05, 0) is 61.3 Å². The van der Waals surface area contributed by atoms with E-state index in [1.165, 1.54) is 0 Å². The van der Waals surface area contributed by atoms with Gasteiger partial charge in [0.05, 0.1) is 35.0 Å². The lowest BCUT2D eigenvalue weighted by Gasteiger charge is -2.24. The Kier molecular flexibility index (Phi) is 5.71. The largest absolute Gasteiger partial charge is 0.397 e. The van der Waals surface area contributed by atoms with Crippen molar-refractivity contribution in [1.29, 1.82) is 0 Å². The highest BCUT2D eigenvalue weighted by atomic mass is 16.2. The Balaban J connectivity index is 1.40. The van der Waals surface area contributed by atoms with Gasteiger partial charge in [-0.25, -0.2) is 4.79 Å². The van der Waals surface area contributed by atoms with E-state index >= 15 is 0 Å². The molecule has 1 aromatic heterocycles. The lowest BCUT2D eigenvalue weighted by Crippen LogP contribution is -2.37. The third kappa shape index (κ3) is 4.15. The molecular weight excluding hydrogens is 414 g/mol. The molecule has 0 aliphatic carbocycles. The number of aromatic nitrogens is 2. The van der Waals surface area contributed by atoms with Crippen molar-refractivity contribution in [3.05, 3.63) is 94.4 Å². The maximum atomic E-state index is 13.4. The van der Waals surface area contributed by atoms with Crippen molar-refractivity contribution in [3.63, 3.8) is 0 Å². The van der Waals surface area contributed by atoms with Crippen LogP contribution in [-0.2, 0) is 6.54 Å². The van der Waals surface area contributed by atoms with Crippen LogP contribution in [0.1, 0.15) is 34.8 Å². The highest BCUT2D eigenvalue weighted by molar-refractivity contribution is 6.05. The van der Waals surface area contributed by atoms with E-state index in [9.17, 15) is 9.59 Å². The average Bonchev–Trinajstić information content (AvgIpc) is 3.12. The fourth-order valence-electron chi connectivity index (χ4n) is 4.54. The first-order valence-electron chi connectivity index (χ1n) is 11.3. The van der Waals surface area contributed by atoms with Crippen LogP contribution < -0.4 is 22.1 Å². The summed E-state index contributed by atoms with van der Waals surface area (Å²) in [6.45, 7) is 2.25. The van der Waals surface area contributed by atoms with Crippen LogP contribution in [0.25, 0.3) is 11.0 Å². The number of fused-ring (bicyclic) bond motifs is 1. The zero-order valence-electron chi connectivity index (χ0n) is 18.3. The van der Waals surface area contributed by atoms with Gasteiger partial charge in [0.2, 0.25) is 0 Å². The van der Waals surface area contributed by atoms with Gasteiger partial charge in [0.1, 0.15) is 0 Å². The summed E-state index contributed by atoms with van der Waals surface area (Å²) < 4.78 is 3.76. The highest BCUT2D eigenvalue weighted by Gasteiger charge is 2.22. The van der Waals surface area contributed by atoms with Gasteiger partial charge in [-0.3, -0.25) is 13.9 Å². The summed E-state index contributed by atoms with van der Waals surface area (Å²) in [6.07, 6.45) is 2.06. The van der Waals surface area contributed by atoms with E-state index in [0.717, 1.165) is 42.5 Å². The van der Waals surface area contributed by atoms with Crippen molar-refractivity contribution in [2.75, 3.05) is 24.1 Å². The number of imidazole rings is 1. The number of anilines is 2. The molecule has 1 amide bonds. The Morgan fingerprint density at radius 2 is 1.73 bits per heavy atom. The summed E-state index contributed by atoms with van der Waals surface area (Å²) in [5.41, 5.74) is 10.4. The van der Waals surface area contributed by atoms with Crippen molar-refractivity contribution in [3.8, 4) is 0 Å². The molecule has 4 aromatic rings. The smallest absolute Gasteiger partial charge is 0.329 e. The minimum Gasteiger partial charge on any atom is -0.397 e. The Morgan fingerprint density at radius 3 is 2.45 bits per heavy atom. The number of hydrogen-bond acceptors (Lipinski definition) is 4. The predicted octanol–water partition coefficient (Wildman–Crippen LogP) is 3.61. The zero-order chi connectivity index (χ0) is 22.8. The Hall–Kier alpha value is -3.84. The molecule has 1 aliphatic rings. The van der Waals surface area contributed by atoms with Gasteiger partial charge in [-0.15, -0.1) is 0 Å². The monoisotopic (exact) mass is 441 g/mol. The minimum atomic E-state index is -0.224. The molecular formula is C26H27N5O2. The number of nitrogens with one attached hydrogen (secondary N) is 2. The quantitative estimate of drug-likeness (QED) is 0.413. The predicted molar refractivity (Wildman–Crippen MR) is 132 cm³/mol. The number of nitrogen functional groups attached to an aromatic ring is 1. The molecule has 0 bridgehead atoms. The molecule has 2 heterocycles. The van der Waals surface area contributed by atoms with Crippen LogP contribution in [0.15, 0.2) is 77.6 Å². The van der Waals surface area contributed by atoms with Gasteiger partial charge in [0.25, 0.3) is 5.91 Å². The maximum absolute atomic E-state index is 13.4. The van der Waals surface area contributed by atoms with Crippen LogP contribution >= 0.6 is 0 Å². The van der Waals surface area contributed by atoms with Crippen molar-refractivity contribution in [2.24, 2.45) is 0 Å². The summed E-state index contributed by atoms with van der Waals surface area (Å²) in [5, 5.41) is 6.25. The van der Waals surface area contributed by atoms with Gasteiger partial charge in [-0.1, -0.05) is 36.4 Å². The van der Waals surface area contributed by atoms with Gasteiger partial charge >= 0.3 is 5.69 Å². The van der Waals surface area contributed by atoms with E-state index in [-0.39, 0.29) is 17.6 Å². The van der Waals surface area contributed by atoms with Gasteiger partial charge in [0.15, 0.2) is 0 Å². The number of nitrogens with zero attached hydrogens (tertiary/aromatic N) is 2. The second-order valence-electron chi connectivity index (χ2n) is 8.47. The number of hydrogen-bond donors (Lipinski definition) is 3. The molecule has 1 atom stereocenters. The van der Waals surface area contributed by atoms with Crippen LogP contribution in [0.4, 0.5) is 11.4 Å². The number of carbonyl (C=O) groups excluding carboxylic acids is 1. The van der Waals surface area contributed by atoms with Crippen LogP contribution in [0.5, 0.6) is 0 Å². The van der Waals surface area contributed by atoms with Crippen molar-refractivity contribution in [1.82, 2.24) is 14.5 Å². The van der Waals surface area contributed by atoms with Crippen LogP contribution in [-0.4, -0.2) is 28.1 Å². The van der Waals surface area contributed by atoms with E-state index in [4.69, 9.17) is 5.73 Å². The highest BCUT2D eigenvalue weighted by Crippen LogP contribution is 2.23. The molecule has 5 rings (SSSR count). The van der Waals surface area contributed by atoms with Crippen LogP contribution in [0.3, 0.4) is 0 Å². The normalized spacial score (nSPS) is 16.1. The minimum absolute atomic E-state index is 0.00581. The van der Waals surface area contributed by atoms with Gasteiger partial charge < -0.3 is 16.4 Å². The summed E-state index contributed by atoms with van der Waals surface area (Å²) in [6, 6.07) is 22.6. The fraction of sp³-hybridized carbons (Fsp3) is 0.231. The number of benzene rings is 3. The lowest BCUT2D eigenvalue weighted by atomic mass is 10.1. The molecule has 4 N–H and O–H groups in total. The molecule has 7 heteroatoms. The molecule has 1 fully saturated rings. The van der Waals surface area contributed by atoms with E-state index in [0.29, 0.717) is 23.5 Å². The number of carbonyl (C=O) groups is 1. The molecule has 0 spiro atoms. The maximum Gasteiger partial charge on any atom is 0.329 e. The Bertz CT molecular complexity index is 1350. The topological polar surface area (TPSA) is 94.1 Å². The SMILES string of the molecule is Nc1ccccc1NC(=O)c1ccc(Cn2c(=O)n([C@@H]3CCCNC3)c3ccccc32)cc1. The molecule has 33 heavy (non-hydrogen) atoms. The van der Waals surface area contributed by atoms with Crippen LogP contribution in [0, 0.1) is 0 Å². The van der Waals surface area contributed by atoms with Crippen molar-refractivity contribution < 1.29 is 4.79 Å². The van der Waals surface area contributed by atoms with E-state index in [1.54, 1.807) is 24.3 Å². The Labute approximate surface area is 191 Å². The van der Waals surface area contributed by atoms with E-state index < -0.39 is 0 Å². The standard InChI is InChI=1S/C26H27N5O2/c27-21-7-1-2-8-22(21)29-25(32)19-13-11-18(12-14-19)17-30-23-9-3-4-10-24(23)31(26(30)33)20-6-5-15-28-16-20/h1-4,7-14,20,28H,5-6,15-17,27H2,(H,29,32)/t20-/m1/s1. The van der Waals surface area contributed by atoms with Crippen molar-refractivity contribution in [2.45, 2.75) is 25.4 Å². The Morgan fingerprint density at radius 1 is 1.00 bits per heavy atom. The molecule has 168 valence electrons. The third-order valence-electron chi connectivity index (χ3n) is 6.27. The molecule has 0 unspecified atom stereocenters. The lowest BCUT2D eigenvalue weighted by molar-refractivity contribution is 0.102. The third-order valence-corrected chi connectivity index (χ3v) is 6.27. The van der Waals surface area contributed by atoms with Gasteiger partial charge in [-0.2, -0.15) is 0 Å². The zero-order valence-corrected chi connectivity index (χ0v) is 18.3. The molecule has 0 radical (unpaired) electrons. The second kappa shape index (κ2) is 8.96. The van der Waals surface area contributed by atoms with Crippen LogP contribution in [0.2, 0.25) is 0 Å². The van der Waals surface area contributed by atoms with E-state index in [2.05, 4.69) is 10.6 Å². The first-order chi connectivity index (χ1) is 16.1. The second-order valence-corrected chi connectivity index (χ2v) is 8.47. The fourth-order valence-corrected chi connectivity index (χ4v) is 4.54. The number of amides is 1. The summed E-state index contributed by atoms with van der Waals surface area (Å²) in [4.78, 5) is 26.0. The number of para-hydroxylation sites is 4. The van der Waals surface area contributed by atoms with Gasteiger partial charge in [0, 0.05) is 12.1 Å². The first-order valence-corrected chi connectivity index (χ1v) is 11.3. The average molecular weight is 442 g/mol. The molecule has 3 aromatic carbocycles.